The van der Waals surface area contributed by atoms with Crippen molar-refractivity contribution in [2.24, 2.45) is 5.92 Å². The van der Waals surface area contributed by atoms with E-state index in [1.54, 1.807) is 42.5 Å². The second-order valence-corrected chi connectivity index (χ2v) is 6.91. The number of ether oxygens (including phenoxy) is 1. The normalized spacial score (nSPS) is 10.5. The van der Waals surface area contributed by atoms with Crippen molar-refractivity contribution in [1.29, 1.82) is 0 Å². The molecule has 2 aromatic carbocycles. The van der Waals surface area contributed by atoms with Gasteiger partial charge in [-0.25, -0.2) is 0 Å². The van der Waals surface area contributed by atoms with Gasteiger partial charge in [0.1, 0.15) is 5.75 Å². The van der Waals surface area contributed by atoms with Crippen LogP contribution in [0.4, 0.5) is 11.4 Å². The van der Waals surface area contributed by atoms with E-state index in [0.29, 0.717) is 34.5 Å². The average Bonchev–Trinajstić information content (AvgIpc) is 2.55. The Balaban J connectivity index is 1.84. The van der Waals surface area contributed by atoms with Gasteiger partial charge >= 0.3 is 0 Å². The zero-order valence-corrected chi connectivity index (χ0v) is 15.9. The molecular weight excluding hydrogens is 352 g/mol. The molecule has 0 saturated heterocycles. The third-order valence-corrected chi connectivity index (χ3v) is 3.78. The van der Waals surface area contributed by atoms with Crippen molar-refractivity contribution < 1.29 is 14.3 Å². The van der Waals surface area contributed by atoms with Crippen LogP contribution in [0.2, 0.25) is 5.02 Å². The van der Waals surface area contributed by atoms with E-state index < -0.39 is 0 Å². The van der Waals surface area contributed by atoms with Gasteiger partial charge in [-0.3, -0.25) is 9.59 Å². The number of carbonyl (C=O) groups is 2. The van der Waals surface area contributed by atoms with Gasteiger partial charge in [0.15, 0.2) is 6.61 Å². The lowest BCUT2D eigenvalue weighted by molar-refractivity contribution is -0.118. The lowest BCUT2D eigenvalue weighted by Crippen LogP contribution is -2.20. The molecule has 0 spiro atoms. The first-order valence-electron chi connectivity index (χ1n) is 8.42. The molecule has 0 heterocycles. The first-order valence-corrected chi connectivity index (χ1v) is 8.80. The summed E-state index contributed by atoms with van der Waals surface area (Å²) < 4.78 is 5.51. The van der Waals surface area contributed by atoms with Gasteiger partial charge < -0.3 is 15.4 Å². The number of amides is 2. The molecule has 2 amide bonds. The van der Waals surface area contributed by atoms with Crippen molar-refractivity contribution in [2.45, 2.75) is 27.2 Å². The first-order chi connectivity index (χ1) is 12.3. The molecular formula is C20H23ClN2O3. The maximum absolute atomic E-state index is 12.0. The Kier molecular flexibility index (Phi) is 7.04. The van der Waals surface area contributed by atoms with E-state index in [1.807, 2.05) is 20.8 Å². The predicted octanol–water partition coefficient (Wildman–Crippen LogP) is 4.65. The summed E-state index contributed by atoms with van der Waals surface area (Å²) in [5, 5.41) is 6.20. The Morgan fingerprint density at radius 1 is 1.00 bits per heavy atom. The van der Waals surface area contributed by atoms with Crippen molar-refractivity contribution in [3.8, 4) is 5.75 Å². The van der Waals surface area contributed by atoms with Gasteiger partial charge in [-0.1, -0.05) is 25.4 Å². The monoisotopic (exact) mass is 374 g/mol. The van der Waals surface area contributed by atoms with Gasteiger partial charge in [0.25, 0.3) is 5.91 Å². The van der Waals surface area contributed by atoms with E-state index in [-0.39, 0.29) is 18.4 Å². The number of benzene rings is 2. The molecule has 0 bridgehead atoms. The fourth-order valence-electron chi connectivity index (χ4n) is 2.33. The third kappa shape index (κ3) is 6.41. The Morgan fingerprint density at radius 3 is 2.12 bits per heavy atom. The number of carbonyl (C=O) groups excluding carboxylic acids is 2. The molecule has 0 aromatic heterocycles. The van der Waals surface area contributed by atoms with Gasteiger partial charge in [0.05, 0.1) is 0 Å². The van der Waals surface area contributed by atoms with E-state index in [1.165, 1.54) is 0 Å². The van der Waals surface area contributed by atoms with Crippen LogP contribution in [0.1, 0.15) is 25.8 Å². The van der Waals surface area contributed by atoms with Gasteiger partial charge in [-0.05, 0) is 60.9 Å². The molecule has 2 aromatic rings. The summed E-state index contributed by atoms with van der Waals surface area (Å²) in [6.07, 6.45) is 0.472. The van der Waals surface area contributed by atoms with Crippen LogP contribution >= 0.6 is 11.6 Å². The molecule has 2 rings (SSSR count). The molecule has 0 aliphatic rings. The average molecular weight is 375 g/mol. The van der Waals surface area contributed by atoms with Crippen LogP contribution in [0.15, 0.2) is 42.5 Å². The Bertz CT molecular complexity index is 773. The molecule has 2 N–H and O–H groups in total. The molecule has 6 heteroatoms. The minimum atomic E-state index is -0.268. The molecule has 0 atom stereocenters. The molecule has 0 aliphatic carbocycles. The molecule has 26 heavy (non-hydrogen) atoms. The summed E-state index contributed by atoms with van der Waals surface area (Å²) in [7, 11) is 0. The number of rotatable bonds is 7. The van der Waals surface area contributed by atoms with Crippen LogP contribution in [-0.2, 0) is 9.59 Å². The second kappa shape index (κ2) is 9.25. The van der Waals surface area contributed by atoms with E-state index in [2.05, 4.69) is 10.6 Å². The van der Waals surface area contributed by atoms with Gasteiger partial charge in [-0.2, -0.15) is 0 Å². The van der Waals surface area contributed by atoms with Crippen LogP contribution in [-0.4, -0.2) is 18.4 Å². The minimum absolute atomic E-state index is 0.0245. The number of hydrogen-bond acceptors (Lipinski definition) is 3. The van der Waals surface area contributed by atoms with Crippen LogP contribution in [0, 0.1) is 12.8 Å². The topological polar surface area (TPSA) is 67.4 Å². The molecule has 0 fully saturated rings. The highest BCUT2D eigenvalue weighted by molar-refractivity contribution is 6.30. The maximum atomic E-state index is 12.0. The maximum Gasteiger partial charge on any atom is 0.262 e. The highest BCUT2D eigenvalue weighted by Crippen LogP contribution is 2.22. The number of nitrogens with one attached hydrogen (secondary N) is 2. The Hall–Kier alpha value is -2.53. The summed E-state index contributed by atoms with van der Waals surface area (Å²) in [6, 6.07) is 12.2. The minimum Gasteiger partial charge on any atom is -0.483 e. The number of hydrogen-bond donors (Lipinski definition) is 2. The van der Waals surface area contributed by atoms with E-state index >= 15 is 0 Å². The van der Waals surface area contributed by atoms with Crippen molar-refractivity contribution in [2.75, 3.05) is 17.2 Å². The van der Waals surface area contributed by atoms with E-state index in [9.17, 15) is 9.59 Å². The Labute approximate surface area is 158 Å². The van der Waals surface area contributed by atoms with Crippen molar-refractivity contribution in [1.82, 2.24) is 0 Å². The lowest BCUT2D eigenvalue weighted by Gasteiger charge is -2.11. The molecule has 138 valence electrons. The van der Waals surface area contributed by atoms with E-state index in [4.69, 9.17) is 16.3 Å². The quantitative estimate of drug-likeness (QED) is 0.741. The largest absolute Gasteiger partial charge is 0.483 e. The zero-order valence-electron chi connectivity index (χ0n) is 15.1. The van der Waals surface area contributed by atoms with Crippen molar-refractivity contribution >= 4 is 34.8 Å². The van der Waals surface area contributed by atoms with Crippen LogP contribution in [0.5, 0.6) is 5.75 Å². The fourth-order valence-corrected chi connectivity index (χ4v) is 2.56. The standard InChI is InChI=1S/C20H23ClN2O3/c1-13(2)10-19(24)22-16-5-7-17(8-6-16)23-20(25)12-26-18-9-4-15(21)11-14(18)3/h4-9,11,13H,10,12H2,1-3H3,(H,22,24)(H,23,25). The summed E-state index contributed by atoms with van der Waals surface area (Å²) in [4.78, 5) is 23.8. The van der Waals surface area contributed by atoms with Crippen LogP contribution < -0.4 is 15.4 Å². The number of halogens is 1. The highest BCUT2D eigenvalue weighted by atomic mass is 35.5. The summed E-state index contributed by atoms with van der Waals surface area (Å²) in [6.45, 7) is 5.75. The lowest BCUT2D eigenvalue weighted by atomic mass is 10.1. The van der Waals surface area contributed by atoms with Gasteiger partial charge in [0.2, 0.25) is 5.91 Å². The van der Waals surface area contributed by atoms with Crippen LogP contribution in [0.3, 0.4) is 0 Å². The van der Waals surface area contributed by atoms with Crippen molar-refractivity contribution in [3.05, 3.63) is 53.1 Å². The highest BCUT2D eigenvalue weighted by Gasteiger charge is 2.08. The summed E-state index contributed by atoms with van der Waals surface area (Å²) >= 11 is 5.89. The SMILES string of the molecule is Cc1cc(Cl)ccc1OCC(=O)Nc1ccc(NC(=O)CC(C)C)cc1. The Morgan fingerprint density at radius 2 is 1.58 bits per heavy atom. The molecule has 0 unspecified atom stereocenters. The predicted molar refractivity (Wildman–Crippen MR) is 105 cm³/mol. The molecule has 0 aliphatic heterocycles. The van der Waals surface area contributed by atoms with Crippen LogP contribution in [0.25, 0.3) is 0 Å². The second-order valence-electron chi connectivity index (χ2n) is 6.47. The molecule has 0 saturated carbocycles. The fraction of sp³-hybridized carbons (Fsp3) is 0.300. The third-order valence-electron chi connectivity index (χ3n) is 3.54. The van der Waals surface area contributed by atoms with Gasteiger partial charge in [0, 0.05) is 22.8 Å². The molecule has 0 radical (unpaired) electrons. The first kappa shape index (κ1) is 19.8. The zero-order chi connectivity index (χ0) is 19.1. The summed E-state index contributed by atoms with van der Waals surface area (Å²) in [5.74, 6) is 0.630. The summed E-state index contributed by atoms with van der Waals surface area (Å²) in [5.41, 5.74) is 2.20. The van der Waals surface area contributed by atoms with Crippen molar-refractivity contribution in [3.63, 3.8) is 0 Å². The number of anilines is 2. The van der Waals surface area contributed by atoms with E-state index in [0.717, 1.165) is 5.56 Å². The smallest absolute Gasteiger partial charge is 0.262 e. The van der Waals surface area contributed by atoms with Gasteiger partial charge in [-0.15, -0.1) is 0 Å². The number of aryl methyl sites for hydroxylation is 1. The molecule has 5 nitrogen and oxygen atoms in total.